The van der Waals surface area contributed by atoms with E-state index in [4.69, 9.17) is 15.5 Å². The van der Waals surface area contributed by atoms with Gasteiger partial charge in [-0.3, -0.25) is 14.5 Å². The van der Waals surface area contributed by atoms with Gasteiger partial charge in [0.05, 0.1) is 5.69 Å². The molecule has 1 aromatic carbocycles. The molecule has 0 saturated heterocycles. The normalized spacial score (nSPS) is 12.7. The fourth-order valence-corrected chi connectivity index (χ4v) is 5.28. The van der Waals surface area contributed by atoms with Gasteiger partial charge in [0.25, 0.3) is 0 Å². The van der Waals surface area contributed by atoms with Crippen LogP contribution in [0.1, 0.15) is 15.2 Å². The summed E-state index contributed by atoms with van der Waals surface area (Å²) in [5.41, 5.74) is 1.77. The van der Waals surface area contributed by atoms with Gasteiger partial charge in [-0.05, 0) is 34.1 Å². The number of nitrogens with one attached hydrogen (secondary N) is 1. The molecule has 0 aliphatic rings. The Balaban J connectivity index is 2.40. The van der Waals surface area contributed by atoms with E-state index in [1.54, 1.807) is 6.07 Å². The van der Waals surface area contributed by atoms with Crippen molar-refractivity contribution in [2.45, 2.75) is 5.66 Å². The summed E-state index contributed by atoms with van der Waals surface area (Å²) in [4.78, 5) is 28.7. The quantitative estimate of drug-likeness (QED) is 0.451. The van der Waals surface area contributed by atoms with E-state index in [0.29, 0.717) is 27.3 Å². The van der Waals surface area contributed by atoms with Crippen LogP contribution in [0.4, 0.5) is 8.78 Å². The maximum absolute atomic E-state index is 14.2. The van der Waals surface area contributed by atoms with E-state index in [-0.39, 0.29) is 15.4 Å². The monoisotopic (exact) mass is 451 g/mol. The Morgan fingerprint density at radius 1 is 1.40 bits per heavy atom. The Kier molecular flexibility index (Phi) is 4.33. The maximum Gasteiger partial charge on any atom is 0.400 e. The van der Waals surface area contributed by atoms with Crippen LogP contribution >= 0.6 is 34.9 Å². The number of rotatable bonds is 4. The molecule has 132 valence electrons. The van der Waals surface area contributed by atoms with E-state index in [0.717, 1.165) is 0 Å². The standard InChI is InChI=1S/C13H9BrF2N3O4PS/c14-9-7-4-5(12(17)20)3-6(8-1-2-18-19-8)10(7)25-11(9)13(15,16)24(21,22)23/h1-4H,(H2,17,20)(H,18,19)(H2,21,22,23). The number of primary amides is 1. The highest BCUT2D eigenvalue weighted by molar-refractivity contribution is 9.10. The first kappa shape index (κ1) is 18.2. The SMILES string of the molecule is NC(=O)c1cc(-c2ccn[nH]2)c2sc(C(F)(F)P(=O)(O)O)c(Br)c2c1. The predicted octanol–water partition coefficient (Wildman–Crippen LogP) is 3.38. The van der Waals surface area contributed by atoms with E-state index in [1.165, 1.54) is 18.3 Å². The summed E-state index contributed by atoms with van der Waals surface area (Å²) in [6.45, 7) is 0. The number of aromatic amines is 1. The lowest BCUT2D eigenvalue weighted by atomic mass is 10.0. The number of amides is 1. The van der Waals surface area contributed by atoms with Gasteiger partial charge < -0.3 is 15.5 Å². The van der Waals surface area contributed by atoms with Gasteiger partial charge in [0, 0.05) is 31.9 Å². The number of fused-ring (bicyclic) bond motifs is 1. The van der Waals surface area contributed by atoms with Crippen LogP contribution in [0.25, 0.3) is 21.3 Å². The van der Waals surface area contributed by atoms with E-state index >= 15 is 0 Å². The molecule has 25 heavy (non-hydrogen) atoms. The number of aromatic nitrogens is 2. The first-order valence-corrected chi connectivity index (χ1v) is 9.75. The van der Waals surface area contributed by atoms with Crippen LogP contribution < -0.4 is 5.73 Å². The zero-order chi connectivity index (χ0) is 18.6. The van der Waals surface area contributed by atoms with Gasteiger partial charge in [-0.1, -0.05) is 0 Å². The zero-order valence-corrected chi connectivity index (χ0v) is 15.3. The lowest BCUT2D eigenvalue weighted by molar-refractivity contribution is 0.0595. The van der Waals surface area contributed by atoms with Crippen molar-refractivity contribution in [1.29, 1.82) is 0 Å². The van der Waals surface area contributed by atoms with Crippen LogP contribution in [0.3, 0.4) is 0 Å². The summed E-state index contributed by atoms with van der Waals surface area (Å²) in [5.74, 6) is -0.774. The van der Waals surface area contributed by atoms with Crippen LogP contribution in [0.15, 0.2) is 28.9 Å². The number of H-pyrrole nitrogens is 1. The Hall–Kier alpha value is -1.65. The molecule has 5 N–H and O–H groups in total. The third kappa shape index (κ3) is 2.91. The van der Waals surface area contributed by atoms with Crippen molar-refractivity contribution in [3.63, 3.8) is 0 Å². The molecule has 0 radical (unpaired) electrons. The fourth-order valence-electron chi connectivity index (χ4n) is 2.24. The van der Waals surface area contributed by atoms with Crippen molar-refractivity contribution in [2.24, 2.45) is 5.73 Å². The largest absolute Gasteiger partial charge is 0.400 e. The van der Waals surface area contributed by atoms with Crippen molar-refractivity contribution in [3.8, 4) is 11.3 Å². The maximum atomic E-state index is 14.2. The van der Waals surface area contributed by atoms with Crippen LogP contribution in [-0.2, 0) is 10.2 Å². The summed E-state index contributed by atoms with van der Waals surface area (Å²) in [6, 6.07) is 4.26. The fraction of sp³-hybridized carbons (Fsp3) is 0.0769. The van der Waals surface area contributed by atoms with Crippen LogP contribution in [0.2, 0.25) is 0 Å². The van der Waals surface area contributed by atoms with Gasteiger partial charge in [-0.25, -0.2) is 0 Å². The molecule has 3 aromatic rings. The predicted molar refractivity (Wildman–Crippen MR) is 91.6 cm³/mol. The Morgan fingerprint density at radius 3 is 2.60 bits per heavy atom. The Morgan fingerprint density at radius 2 is 2.08 bits per heavy atom. The van der Waals surface area contributed by atoms with Gasteiger partial charge in [-0.2, -0.15) is 13.9 Å². The first-order valence-electron chi connectivity index (χ1n) is 6.53. The van der Waals surface area contributed by atoms with Crippen LogP contribution in [-0.4, -0.2) is 25.9 Å². The van der Waals surface area contributed by atoms with E-state index < -0.39 is 24.0 Å². The highest BCUT2D eigenvalue weighted by atomic mass is 79.9. The van der Waals surface area contributed by atoms with E-state index in [1.807, 2.05) is 0 Å². The third-order valence-electron chi connectivity index (χ3n) is 3.44. The van der Waals surface area contributed by atoms with Crippen molar-refractivity contribution >= 4 is 50.9 Å². The molecule has 12 heteroatoms. The number of carbonyl (C=O) groups is 1. The number of alkyl halides is 2. The lowest BCUT2D eigenvalue weighted by Gasteiger charge is -2.16. The van der Waals surface area contributed by atoms with Gasteiger partial charge in [0.2, 0.25) is 5.91 Å². The minimum Gasteiger partial charge on any atom is -0.366 e. The molecule has 7 nitrogen and oxygen atoms in total. The summed E-state index contributed by atoms with van der Waals surface area (Å²) < 4.78 is 39.7. The molecule has 0 atom stereocenters. The number of halogens is 3. The number of hydrogen-bond acceptors (Lipinski definition) is 4. The zero-order valence-electron chi connectivity index (χ0n) is 12.0. The van der Waals surface area contributed by atoms with Crippen LogP contribution in [0.5, 0.6) is 0 Å². The second kappa shape index (κ2) is 5.96. The highest BCUT2D eigenvalue weighted by Gasteiger charge is 2.53. The minimum atomic E-state index is -5.74. The van der Waals surface area contributed by atoms with Crippen LogP contribution in [0, 0.1) is 0 Å². The second-order valence-electron chi connectivity index (χ2n) is 5.07. The molecule has 2 aromatic heterocycles. The second-order valence-corrected chi connectivity index (χ2v) is 8.53. The number of hydrogen-bond donors (Lipinski definition) is 4. The van der Waals surface area contributed by atoms with Crippen molar-refractivity contribution in [1.82, 2.24) is 10.2 Å². The smallest absolute Gasteiger partial charge is 0.366 e. The number of thiophene rings is 1. The third-order valence-corrected chi connectivity index (χ3v) is 6.94. The van der Waals surface area contributed by atoms with Gasteiger partial charge in [0.1, 0.15) is 4.88 Å². The van der Waals surface area contributed by atoms with Crippen molar-refractivity contribution < 1.29 is 27.9 Å². The number of carbonyl (C=O) groups excluding carboxylic acids is 1. The topological polar surface area (TPSA) is 129 Å². The average molecular weight is 452 g/mol. The number of nitrogens with two attached hydrogens (primary N) is 1. The van der Waals surface area contributed by atoms with E-state index in [9.17, 15) is 18.1 Å². The van der Waals surface area contributed by atoms with Gasteiger partial charge in [-0.15, -0.1) is 11.3 Å². The van der Waals surface area contributed by atoms with Gasteiger partial charge >= 0.3 is 13.3 Å². The molecular formula is C13H9BrF2N3O4PS. The van der Waals surface area contributed by atoms with Crippen molar-refractivity contribution in [3.05, 3.63) is 39.3 Å². The summed E-state index contributed by atoms with van der Waals surface area (Å²) >= 11 is 3.48. The van der Waals surface area contributed by atoms with Crippen molar-refractivity contribution in [2.75, 3.05) is 0 Å². The van der Waals surface area contributed by atoms with Gasteiger partial charge in [0.15, 0.2) is 0 Å². The number of nitrogens with zero attached hydrogens (tertiary/aromatic N) is 1. The molecule has 2 heterocycles. The summed E-state index contributed by atoms with van der Waals surface area (Å²) in [7, 11) is -5.74. The van der Waals surface area contributed by atoms with E-state index in [2.05, 4.69) is 26.1 Å². The molecule has 0 fully saturated rings. The lowest BCUT2D eigenvalue weighted by Crippen LogP contribution is -2.12. The molecule has 0 unspecified atom stereocenters. The summed E-state index contributed by atoms with van der Waals surface area (Å²) in [5, 5.41) is 6.62. The Bertz CT molecular complexity index is 1030. The molecule has 0 aliphatic carbocycles. The molecule has 1 amide bonds. The summed E-state index contributed by atoms with van der Waals surface area (Å²) in [6.07, 6.45) is 1.44. The molecule has 0 aliphatic heterocycles. The Labute approximate surface area is 151 Å². The highest BCUT2D eigenvalue weighted by Crippen LogP contribution is 2.63. The molecule has 3 rings (SSSR count). The minimum absolute atomic E-state index is 0.0571. The molecule has 0 bridgehead atoms. The molecule has 0 spiro atoms. The first-order chi connectivity index (χ1) is 11.5. The average Bonchev–Trinajstić information content (AvgIpc) is 3.14. The molecule has 0 saturated carbocycles. The molecular weight excluding hydrogens is 443 g/mol. The number of benzene rings is 1.